The number of hydrogen-bond donors (Lipinski definition) is 1. The molecular formula is C17H16F3N7O2. The zero-order valence-corrected chi connectivity index (χ0v) is 15.2. The van der Waals surface area contributed by atoms with E-state index in [2.05, 4.69) is 30.3 Å². The SMILES string of the molecule is Cn1nnc2c(N3CC(C(=O)NCc4ccccc4OC(F)(F)F)C3)ncnc21. The summed E-state index contributed by atoms with van der Waals surface area (Å²) in [5.74, 6) is -0.308. The summed E-state index contributed by atoms with van der Waals surface area (Å²) in [7, 11) is 1.72. The number of anilines is 1. The van der Waals surface area contributed by atoms with Crippen LogP contribution in [0.1, 0.15) is 5.56 Å². The Morgan fingerprint density at radius 2 is 2.03 bits per heavy atom. The molecular weight excluding hydrogens is 391 g/mol. The standard InChI is InChI=1S/C17H16F3N7O2/c1-26-14-13(24-25-26)15(23-9-22-14)27-7-11(8-27)16(28)21-6-10-4-2-3-5-12(10)29-17(18,19)20/h2-5,9,11H,6-8H2,1H3,(H,21,28). The van der Waals surface area contributed by atoms with Gasteiger partial charge < -0.3 is 15.0 Å². The van der Waals surface area contributed by atoms with Crippen molar-refractivity contribution in [2.24, 2.45) is 13.0 Å². The van der Waals surface area contributed by atoms with Crippen molar-refractivity contribution < 1.29 is 22.7 Å². The Labute approximate surface area is 162 Å². The largest absolute Gasteiger partial charge is 0.573 e. The topological polar surface area (TPSA) is 98.1 Å². The number of carbonyl (C=O) groups excluding carboxylic acids is 1. The van der Waals surface area contributed by atoms with Crippen molar-refractivity contribution in [3.63, 3.8) is 0 Å². The zero-order chi connectivity index (χ0) is 20.6. The number of rotatable bonds is 5. The molecule has 29 heavy (non-hydrogen) atoms. The average molecular weight is 407 g/mol. The molecule has 3 heterocycles. The molecule has 1 N–H and O–H groups in total. The highest BCUT2D eigenvalue weighted by Gasteiger charge is 2.35. The Kier molecular flexibility index (Phi) is 4.68. The molecule has 0 unspecified atom stereocenters. The van der Waals surface area contributed by atoms with Crippen LogP contribution in [0.3, 0.4) is 0 Å². The monoisotopic (exact) mass is 407 g/mol. The molecule has 1 aromatic carbocycles. The lowest BCUT2D eigenvalue weighted by Crippen LogP contribution is -2.54. The van der Waals surface area contributed by atoms with Gasteiger partial charge in [-0.25, -0.2) is 14.6 Å². The number of amides is 1. The van der Waals surface area contributed by atoms with Gasteiger partial charge in [-0.05, 0) is 6.07 Å². The fraction of sp³-hybridized carbons (Fsp3) is 0.353. The second-order valence-electron chi connectivity index (χ2n) is 6.56. The minimum Gasteiger partial charge on any atom is -0.405 e. The maximum atomic E-state index is 12.5. The van der Waals surface area contributed by atoms with Crippen LogP contribution in [0.4, 0.5) is 19.0 Å². The van der Waals surface area contributed by atoms with Gasteiger partial charge in [-0.1, -0.05) is 23.4 Å². The van der Waals surface area contributed by atoms with Crippen LogP contribution >= 0.6 is 0 Å². The van der Waals surface area contributed by atoms with Crippen LogP contribution in [0.2, 0.25) is 0 Å². The summed E-state index contributed by atoms with van der Waals surface area (Å²) in [5.41, 5.74) is 1.38. The molecule has 0 atom stereocenters. The number of nitrogens with one attached hydrogen (secondary N) is 1. The average Bonchev–Trinajstić information content (AvgIpc) is 3.00. The van der Waals surface area contributed by atoms with E-state index in [1.165, 1.54) is 29.2 Å². The quantitative estimate of drug-likeness (QED) is 0.683. The number of benzene rings is 1. The van der Waals surface area contributed by atoms with Gasteiger partial charge in [-0.2, -0.15) is 0 Å². The molecule has 1 aliphatic rings. The van der Waals surface area contributed by atoms with Gasteiger partial charge >= 0.3 is 6.36 Å². The molecule has 1 amide bonds. The predicted molar refractivity (Wildman–Crippen MR) is 94.8 cm³/mol. The molecule has 0 bridgehead atoms. The summed E-state index contributed by atoms with van der Waals surface area (Å²) >= 11 is 0. The van der Waals surface area contributed by atoms with Crippen molar-refractivity contribution >= 4 is 22.9 Å². The van der Waals surface area contributed by atoms with Crippen LogP contribution in [-0.2, 0) is 18.4 Å². The first kappa shape index (κ1) is 18.9. The third kappa shape index (κ3) is 3.91. The first-order valence-corrected chi connectivity index (χ1v) is 8.68. The number of aryl methyl sites for hydroxylation is 1. The van der Waals surface area contributed by atoms with E-state index in [4.69, 9.17) is 0 Å². The lowest BCUT2D eigenvalue weighted by Gasteiger charge is -2.38. The predicted octanol–water partition coefficient (Wildman–Crippen LogP) is 1.41. The van der Waals surface area contributed by atoms with E-state index in [0.29, 0.717) is 30.1 Å². The van der Waals surface area contributed by atoms with Crippen LogP contribution in [0.5, 0.6) is 5.75 Å². The van der Waals surface area contributed by atoms with Crippen LogP contribution in [-0.4, -0.2) is 50.3 Å². The molecule has 12 heteroatoms. The van der Waals surface area contributed by atoms with Gasteiger partial charge in [-0.3, -0.25) is 4.79 Å². The van der Waals surface area contributed by atoms with Gasteiger partial charge in [0.2, 0.25) is 5.91 Å². The van der Waals surface area contributed by atoms with Crippen molar-refractivity contribution in [1.29, 1.82) is 0 Å². The van der Waals surface area contributed by atoms with Gasteiger partial charge in [0.15, 0.2) is 17.0 Å². The number of ether oxygens (including phenoxy) is 1. The lowest BCUT2D eigenvalue weighted by atomic mass is 9.99. The number of aromatic nitrogens is 5. The lowest BCUT2D eigenvalue weighted by molar-refractivity contribution is -0.274. The molecule has 152 valence electrons. The maximum Gasteiger partial charge on any atom is 0.573 e. The Morgan fingerprint density at radius 1 is 1.28 bits per heavy atom. The van der Waals surface area contributed by atoms with Gasteiger partial charge in [0, 0.05) is 32.2 Å². The number of nitrogens with zero attached hydrogens (tertiary/aromatic N) is 6. The summed E-state index contributed by atoms with van der Waals surface area (Å²) < 4.78 is 43.0. The normalized spacial score (nSPS) is 14.7. The van der Waals surface area contributed by atoms with Crippen molar-refractivity contribution in [3.8, 4) is 5.75 Å². The molecule has 2 aromatic heterocycles. The van der Waals surface area contributed by atoms with E-state index in [-0.39, 0.29) is 29.7 Å². The summed E-state index contributed by atoms with van der Waals surface area (Å²) in [5, 5.41) is 10.6. The van der Waals surface area contributed by atoms with Crippen LogP contribution in [0.15, 0.2) is 30.6 Å². The van der Waals surface area contributed by atoms with E-state index in [1.54, 1.807) is 13.1 Å². The summed E-state index contributed by atoms with van der Waals surface area (Å²) in [6.07, 6.45) is -3.39. The van der Waals surface area contributed by atoms with Gasteiger partial charge in [0.1, 0.15) is 12.1 Å². The number of fused-ring (bicyclic) bond motifs is 1. The fourth-order valence-electron chi connectivity index (χ4n) is 3.09. The van der Waals surface area contributed by atoms with Gasteiger partial charge in [0.05, 0.1) is 5.92 Å². The Balaban J connectivity index is 1.36. The first-order valence-electron chi connectivity index (χ1n) is 8.68. The highest BCUT2D eigenvalue weighted by Crippen LogP contribution is 2.28. The minimum atomic E-state index is -4.79. The first-order chi connectivity index (χ1) is 13.8. The smallest absolute Gasteiger partial charge is 0.405 e. The van der Waals surface area contributed by atoms with E-state index in [1.807, 2.05) is 4.90 Å². The highest BCUT2D eigenvalue weighted by molar-refractivity contribution is 5.86. The van der Waals surface area contributed by atoms with Crippen molar-refractivity contribution in [1.82, 2.24) is 30.3 Å². The number of hydrogen-bond acceptors (Lipinski definition) is 7. The second-order valence-corrected chi connectivity index (χ2v) is 6.56. The van der Waals surface area contributed by atoms with Crippen molar-refractivity contribution in [2.75, 3.05) is 18.0 Å². The molecule has 4 rings (SSSR count). The van der Waals surface area contributed by atoms with Crippen molar-refractivity contribution in [3.05, 3.63) is 36.2 Å². The van der Waals surface area contributed by atoms with E-state index < -0.39 is 6.36 Å². The van der Waals surface area contributed by atoms with Crippen molar-refractivity contribution in [2.45, 2.75) is 12.9 Å². The summed E-state index contributed by atoms with van der Waals surface area (Å²) in [4.78, 5) is 22.6. The molecule has 1 fully saturated rings. The maximum absolute atomic E-state index is 12.5. The third-order valence-electron chi connectivity index (χ3n) is 4.57. The molecule has 9 nitrogen and oxygen atoms in total. The second kappa shape index (κ2) is 7.18. The number of carbonyl (C=O) groups is 1. The fourth-order valence-corrected chi connectivity index (χ4v) is 3.09. The molecule has 0 spiro atoms. The van der Waals surface area contributed by atoms with E-state index in [0.717, 1.165) is 0 Å². The molecule has 3 aromatic rings. The Bertz CT molecular complexity index is 1050. The van der Waals surface area contributed by atoms with Gasteiger partial charge in [-0.15, -0.1) is 18.3 Å². The summed E-state index contributed by atoms with van der Waals surface area (Å²) in [6.45, 7) is 0.758. The van der Waals surface area contributed by atoms with Crippen LogP contribution < -0.4 is 15.0 Å². The molecule has 0 saturated carbocycles. The van der Waals surface area contributed by atoms with Crippen LogP contribution in [0.25, 0.3) is 11.2 Å². The number of alkyl halides is 3. The zero-order valence-electron chi connectivity index (χ0n) is 15.2. The van der Waals surface area contributed by atoms with Crippen LogP contribution in [0, 0.1) is 5.92 Å². The number of halogens is 3. The van der Waals surface area contributed by atoms with Gasteiger partial charge in [0.25, 0.3) is 0 Å². The van der Waals surface area contributed by atoms with E-state index in [9.17, 15) is 18.0 Å². The third-order valence-corrected chi connectivity index (χ3v) is 4.57. The highest BCUT2D eigenvalue weighted by atomic mass is 19.4. The molecule has 1 aliphatic heterocycles. The summed E-state index contributed by atoms with van der Waals surface area (Å²) in [6, 6.07) is 5.70. The molecule has 1 saturated heterocycles. The molecule has 0 aliphatic carbocycles. The Morgan fingerprint density at radius 3 is 2.79 bits per heavy atom. The number of para-hydroxylation sites is 1. The molecule has 0 radical (unpaired) electrons. The van der Waals surface area contributed by atoms with E-state index >= 15 is 0 Å². The Hall–Kier alpha value is -3.44. The minimum absolute atomic E-state index is 0.0660.